The number of amides is 6. The Bertz CT molecular complexity index is 5130. The number of aromatic nitrogens is 4. The standard InChI is InChI=1S/C24H28N4O5S2.C24H26N4O4S.C23H23ClN4O4S.C13H15N3O2S.H3N/c1-3-19-15-34-24(26-19)22(14-18-9-11-20(12-10-18)28-35(31,32)33)27-23(30)21(25-16(2)29)13-17-7-5-4-6-8-17;1-3-19-15-33-24(26-19)22(14-18-9-11-20(12-10-18)28(31)32)27-23(30)21(25-16(2)29)13-17-7-5-4-6-8-17;1-2-17-14-33-22(25-17)20(13-16-8-10-18(11-9-16)28(31)32)26-21(29)19(27-23(24)30)12-15-6-4-3-5-7-15;1-2-10-8-19-13(15-10)12(14)7-9-3-5-11(6-4-9)16(17)18;/h4-12,15,21-22,28H,3,13-14H2,1-2H3,(H,25,29)(H,27,30)(H,31,32,33);4-12,15,21-22H,3,13-14H2,1-2H3,(H,25,29)(H,27,30);3-11,14,19-20H,2,12-13H2,1H3,(H,26,29)(H,27,30);3-6,8,12H,2,7,14H2,1H3;1H3/t2*21-,22-;19-,20-;12-;/m0000./s1. The van der Waals surface area contributed by atoms with E-state index in [0.29, 0.717) is 43.5 Å². The Morgan fingerprint density at radius 2 is 0.645 bits per heavy atom. The minimum atomic E-state index is -4.62. The van der Waals surface area contributed by atoms with Crippen LogP contribution in [0.4, 0.5) is 27.5 Å². The molecule has 0 aliphatic carbocycles. The van der Waals surface area contributed by atoms with E-state index in [1.54, 1.807) is 59.9 Å². The number of quaternary nitrogens is 1. The van der Waals surface area contributed by atoms with Gasteiger partial charge in [-0.25, -0.2) is 28.4 Å². The highest BCUT2D eigenvalue weighted by Gasteiger charge is 2.30. The number of non-ortho nitro benzene ring substituents is 3. The molecule has 6 amide bonds. The molecule has 0 unspecified atom stereocenters. The lowest BCUT2D eigenvalue weighted by Gasteiger charge is -2.22. The third-order valence-electron chi connectivity index (χ3n) is 18.1. The summed E-state index contributed by atoms with van der Waals surface area (Å²) < 4.78 is 34.7. The molecule has 13 N–H and O–H groups in total. The van der Waals surface area contributed by atoms with Crippen LogP contribution in [0.5, 0.6) is 0 Å². The maximum Gasteiger partial charge on any atom is 0.314 e. The lowest BCUT2D eigenvalue weighted by atomic mass is 10.0. The van der Waals surface area contributed by atoms with Gasteiger partial charge in [0.25, 0.3) is 17.1 Å². The number of nitrogens with one attached hydrogen (secondary N) is 7. The number of thiazole rings is 4. The fourth-order valence-electron chi connectivity index (χ4n) is 12.0. The maximum absolute atomic E-state index is 13.3. The van der Waals surface area contributed by atoms with Crippen molar-refractivity contribution < 1.29 is 56.5 Å². The largest absolute Gasteiger partial charge is 0.731 e. The average Bonchev–Trinajstić information content (AvgIpc) is 1.80. The normalized spacial score (nSPS) is 12.5. The summed E-state index contributed by atoms with van der Waals surface area (Å²) in [5.41, 5.74) is 16.3. The van der Waals surface area contributed by atoms with E-state index in [9.17, 15) is 72.1 Å². The van der Waals surface area contributed by atoms with Crippen LogP contribution in [0.1, 0.15) is 147 Å². The molecule has 0 saturated carbocycles. The monoisotopic (exact) mass is 1760 g/mol. The van der Waals surface area contributed by atoms with E-state index in [-0.39, 0.29) is 65.0 Å². The fraction of sp³-hybridized carbons (Fsp3) is 0.286. The lowest BCUT2D eigenvalue weighted by Crippen LogP contribution is -2.48. The minimum Gasteiger partial charge on any atom is -0.731 e. The van der Waals surface area contributed by atoms with Gasteiger partial charge in [-0.1, -0.05) is 167 Å². The van der Waals surface area contributed by atoms with Crippen molar-refractivity contribution >= 4 is 125 Å². The highest BCUT2D eigenvalue weighted by molar-refractivity contribution is 7.87. The predicted octanol–water partition coefficient (Wildman–Crippen LogP) is 14.3. The molecular formula is C84H95ClN16O15S5. The molecule has 0 spiro atoms. The summed E-state index contributed by atoms with van der Waals surface area (Å²) in [6.45, 7) is 10.8. The van der Waals surface area contributed by atoms with Crippen LogP contribution in [0.25, 0.3) is 0 Å². The Labute approximate surface area is 721 Å². The molecule has 0 bridgehead atoms. The van der Waals surface area contributed by atoms with E-state index in [1.165, 1.54) is 96.4 Å². The van der Waals surface area contributed by atoms with E-state index in [2.05, 4.69) is 58.8 Å². The molecule has 37 heteroatoms. The number of carbonyl (C=O) groups is 6. The van der Waals surface area contributed by atoms with Crippen molar-refractivity contribution in [3.63, 3.8) is 0 Å². The number of nitro groups is 3. The smallest absolute Gasteiger partial charge is 0.314 e. The fourth-order valence-corrected chi connectivity index (χ4v) is 16.3. The molecule has 0 fully saturated rings. The summed E-state index contributed by atoms with van der Waals surface area (Å²) in [4.78, 5) is 124. The van der Waals surface area contributed by atoms with Gasteiger partial charge >= 0.3 is 5.37 Å². The quantitative estimate of drug-likeness (QED) is 0.00579. The number of benzene rings is 7. The van der Waals surface area contributed by atoms with Crippen LogP contribution in [0.2, 0.25) is 0 Å². The number of aryl methyl sites for hydroxylation is 4. The second-order valence-electron chi connectivity index (χ2n) is 27.3. The summed E-state index contributed by atoms with van der Waals surface area (Å²) in [7, 11) is -4.62. The maximum atomic E-state index is 13.3. The van der Waals surface area contributed by atoms with Crippen LogP contribution < -0.4 is 48.5 Å². The molecule has 0 saturated heterocycles. The number of hydrogen-bond donors (Lipinski definition) is 9. The molecule has 11 aromatic rings. The minimum absolute atomic E-state index is 0. The van der Waals surface area contributed by atoms with E-state index < -0.39 is 72.6 Å². The Hall–Kier alpha value is -12.0. The van der Waals surface area contributed by atoms with Gasteiger partial charge in [0.1, 0.15) is 38.2 Å². The molecule has 31 nitrogen and oxygen atoms in total. The zero-order chi connectivity index (χ0) is 86.8. The van der Waals surface area contributed by atoms with Gasteiger partial charge in [-0.3, -0.25) is 63.8 Å². The van der Waals surface area contributed by atoms with E-state index in [1.807, 2.05) is 138 Å². The van der Waals surface area contributed by atoms with Crippen molar-refractivity contribution in [2.45, 2.75) is 154 Å². The second kappa shape index (κ2) is 48.3. The van der Waals surface area contributed by atoms with Gasteiger partial charge in [-0.2, -0.15) is 0 Å². The molecule has 0 aliphatic rings. The number of nitrogens with two attached hydrogens (primary N) is 1. The summed E-state index contributed by atoms with van der Waals surface area (Å²) in [5.74, 6) is -1.64. The molecule has 0 aliphatic heterocycles. The van der Waals surface area contributed by atoms with Crippen LogP contribution in [0, 0.1) is 30.3 Å². The van der Waals surface area contributed by atoms with E-state index in [0.717, 1.165) is 102 Å². The Kier molecular flexibility index (Phi) is 38.4. The number of anilines is 1. The molecule has 7 aromatic carbocycles. The summed E-state index contributed by atoms with van der Waals surface area (Å²) in [6.07, 6.45) is 5.96. The van der Waals surface area contributed by atoms with E-state index >= 15 is 0 Å². The van der Waals surface area contributed by atoms with E-state index in [4.69, 9.17) is 17.3 Å². The third kappa shape index (κ3) is 32.6. The van der Waals surface area contributed by atoms with Gasteiger partial charge in [0.05, 0.1) is 61.7 Å². The number of rotatable bonds is 36. The predicted molar refractivity (Wildman–Crippen MR) is 469 cm³/mol. The molecular weight excluding hydrogens is 1670 g/mol. The van der Waals surface area contributed by atoms with Crippen LogP contribution in [0.3, 0.4) is 0 Å². The molecule has 4 heterocycles. The van der Waals surface area contributed by atoms with Crippen LogP contribution in [-0.4, -0.2) is 101 Å². The van der Waals surface area contributed by atoms with Crippen molar-refractivity contribution in [1.82, 2.24) is 58.0 Å². The SMILES string of the molecule is CCc1csc([C@@H](N)Cc2ccc([N+](=O)[O-])cc2)n1.CCc1csc([C@H](Cc2ccc(NS(=O)(=O)[O-])cc2)NC(=O)[C@H](Cc2ccccc2)NC(C)=O)n1.CCc1csc([C@H](Cc2ccc([N+](=O)[O-])cc2)NC(=O)[C@H](Cc2ccccc2)NC(=O)Cl)n1.CCc1csc([C@H](Cc2ccc([N+](=O)[O-])cc2)NC(=O)[C@H](Cc2ccccc2)NC(C)=O)n1.[NH4+]. The number of nitro benzene ring substituents is 3. The summed E-state index contributed by atoms with van der Waals surface area (Å²) in [5, 5.41) is 59.6. The number of nitrogens with zero attached hydrogens (tertiary/aromatic N) is 7. The Balaban J connectivity index is 0.000000226. The molecule has 0 radical (unpaired) electrons. The zero-order valence-corrected chi connectivity index (χ0v) is 72.1. The Morgan fingerprint density at radius 1 is 0.388 bits per heavy atom. The first-order chi connectivity index (χ1) is 57.4. The lowest BCUT2D eigenvalue weighted by molar-refractivity contribution is -0.385. The van der Waals surface area contributed by atoms with Gasteiger partial charge < -0.3 is 48.3 Å². The van der Waals surface area contributed by atoms with Crippen molar-refractivity contribution in [3.05, 3.63) is 322 Å². The van der Waals surface area contributed by atoms with Gasteiger partial charge in [0.15, 0.2) is 10.3 Å². The molecule has 121 heavy (non-hydrogen) atoms. The first kappa shape index (κ1) is 96.1. The van der Waals surface area contributed by atoms with Crippen LogP contribution >= 0.6 is 56.9 Å². The number of halogens is 1. The van der Waals surface area contributed by atoms with Crippen molar-refractivity contribution in [2.24, 2.45) is 5.73 Å². The van der Waals surface area contributed by atoms with Crippen LogP contribution in [0.15, 0.2) is 210 Å². The molecule has 4 aromatic heterocycles. The van der Waals surface area contributed by atoms with Gasteiger partial charge in [0, 0.05) is 96.7 Å². The van der Waals surface area contributed by atoms with Gasteiger partial charge in [-0.15, -0.1) is 45.3 Å². The highest BCUT2D eigenvalue weighted by atomic mass is 35.5. The highest BCUT2D eigenvalue weighted by Crippen LogP contribution is 2.30. The molecule has 7 atom stereocenters. The molecule has 638 valence electrons. The zero-order valence-electron chi connectivity index (χ0n) is 67.3. The summed E-state index contributed by atoms with van der Waals surface area (Å²) >= 11 is 11.4. The van der Waals surface area contributed by atoms with Crippen LogP contribution in [-0.2, 0) is 105 Å². The second-order valence-corrected chi connectivity index (χ2v) is 32.3. The average molecular weight is 1760 g/mol. The van der Waals surface area contributed by atoms with Crippen molar-refractivity contribution in [1.29, 1.82) is 0 Å². The van der Waals surface area contributed by atoms with Crippen molar-refractivity contribution in [3.8, 4) is 0 Å². The molecule has 11 rings (SSSR count). The van der Waals surface area contributed by atoms with Gasteiger partial charge in [-0.05, 0) is 114 Å². The number of carbonyl (C=O) groups excluding carboxylic acids is 6. The first-order valence-electron chi connectivity index (χ1n) is 38.0. The third-order valence-corrected chi connectivity index (χ3v) is 22.8. The summed E-state index contributed by atoms with van der Waals surface area (Å²) in [6, 6.07) is 49.5. The Morgan fingerprint density at radius 3 is 0.901 bits per heavy atom. The van der Waals surface area contributed by atoms with Crippen molar-refractivity contribution in [2.75, 3.05) is 4.72 Å². The first-order valence-corrected chi connectivity index (χ1v) is 43.3. The number of hydrogen-bond acceptors (Lipinski definition) is 24. The van der Waals surface area contributed by atoms with Gasteiger partial charge in [0.2, 0.25) is 29.5 Å². The topological polar surface area (TPSA) is 487 Å².